The predicted octanol–water partition coefficient (Wildman–Crippen LogP) is 3.47. The van der Waals surface area contributed by atoms with Gasteiger partial charge in [0.25, 0.3) is 11.8 Å². The van der Waals surface area contributed by atoms with Crippen LogP contribution in [0.2, 0.25) is 0 Å². The van der Waals surface area contributed by atoms with Crippen molar-refractivity contribution in [2.45, 2.75) is 33.1 Å². The third-order valence-electron chi connectivity index (χ3n) is 4.48. The third-order valence-corrected chi connectivity index (χ3v) is 5.90. The zero-order chi connectivity index (χ0) is 19.6. The molecule has 1 saturated heterocycles. The number of aromatic nitrogens is 1. The summed E-state index contributed by atoms with van der Waals surface area (Å²) in [6.07, 6.45) is 1.61. The van der Waals surface area contributed by atoms with Crippen molar-refractivity contribution in [1.29, 1.82) is 0 Å². The number of carbonyl (C=O) groups excluding carboxylic acids is 2. The van der Waals surface area contributed by atoms with Gasteiger partial charge in [-0.3, -0.25) is 9.59 Å². The molecule has 2 heterocycles. The molecule has 1 aliphatic rings. The summed E-state index contributed by atoms with van der Waals surface area (Å²) in [5.41, 5.74) is 1.92. The van der Waals surface area contributed by atoms with E-state index < -0.39 is 0 Å². The average molecular weight is 388 g/mol. The number of morpholine rings is 1. The molecule has 0 aliphatic carbocycles. The van der Waals surface area contributed by atoms with Gasteiger partial charge in [0, 0.05) is 29.8 Å². The number of thiazole rings is 1. The number of amides is 2. The third kappa shape index (κ3) is 4.36. The predicted molar refractivity (Wildman–Crippen MR) is 107 cm³/mol. The first-order valence-corrected chi connectivity index (χ1v) is 9.83. The van der Waals surface area contributed by atoms with E-state index in [1.807, 2.05) is 13.0 Å². The summed E-state index contributed by atoms with van der Waals surface area (Å²) in [6, 6.07) is 5.41. The fourth-order valence-electron chi connectivity index (χ4n) is 2.85. The van der Waals surface area contributed by atoms with E-state index in [2.05, 4.69) is 31.1 Å². The Labute approximate surface area is 163 Å². The van der Waals surface area contributed by atoms with E-state index in [-0.39, 0.29) is 17.2 Å². The number of rotatable bonds is 3. The fraction of sp³-hybridized carbons (Fsp3) is 0.450. The molecule has 2 amide bonds. The highest BCUT2D eigenvalue weighted by Crippen LogP contribution is 2.28. The van der Waals surface area contributed by atoms with Crippen LogP contribution in [-0.4, -0.2) is 48.0 Å². The van der Waals surface area contributed by atoms with Gasteiger partial charge >= 0.3 is 0 Å². The van der Waals surface area contributed by atoms with Crippen LogP contribution in [0.1, 0.15) is 51.4 Å². The van der Waals surface area contributed by atoms with E-state index in [9.17, 15) is 9.59 Å². The maximum absolute atomic E-state index is 12.8. The van der Waals surface area contributed by atoms with Crippen LogP contribution < -0.4 is 5.32 Å². The molecule has 0 unspecified atom stereocenters. The van der Waals surface area contributed by atoms with Gasteiger partial charge in [0.05, 0.1) is 24.4 Å². The summed E-state index contributed by atoms with van der Waals surface area (Å²) in [4.78, 5) is 32.1. The van der Waals surface area contributed by atoms with Gasteiger partial charge in [-0.25, -0.2) is 4.98 Å². The second-order valence-corrected chi connectivity index (χ2v) is 8.65. The first kappa shape index (κ1) is 19.5. The minimum atomic E-state index is -0.206. The van der Waals surface area contributed by atoms with Gasteiger partial charge in [0.2, 0.25) is 0 Å². The molecule has 27 heavy (non-hydrogen) atoms. The summed E-state index contributed by atoms with van der Waals surface area (Å²) in [5.74, 6) is -0.234. The molecule has 0 saturated carbocycles. The van der Waals surface area contributed by atoms with Crippen molar-refractivity contribution in [3.63, 3.8) is 0 Å². The lowest BCUT2D eigenvalue weighted by Crippen LogP contribution is -2.41. The molecule has 6 nitrogen and oxygen atoms in total. The van der Waals surface area contributed by atoms with Crippen molar-refractivity contribution in [2.75, 3.05) is 31.6 Å². The molecule has 1 N–H and O–H groups in total. The maximum Gasteiger partial charge on any atom is 0.267 e. The van der Waals surface area contributed by atoms with Crippen molar-refractivity contribution >= 4 is 28.8 Å². The van der Waals surface area contributed by atoms with E-state index in [0.717, 1.165) is 10.6 Å². The zero-order valence-corrected chi connectivity index (χ0v) is 17.0. The molecular weight excluding hydrogens is 362 g/mol. The van der Waals surface area contributed by atoms with Crippen molar-refractivity contribution in [2.24, 2.45) is 0 Å². The second-order valence-electron chi connectivity index (χ2n) is 7.62. The highest BCUT2D eigenvalue weighted by Gasteiger charge is 2.23. The summed E-state index contributed by atoms with van der Waals surface area (Å²) in [7, 11) is 0. The Morgan fingerprint density at radius 1 is 1.22 bits per heavy atom. The Hall–Kier alpha value is -2.25. The van der Waals surface area contributed by atoms with Crippen molar-refractivity contribution in [1.82, 2.24) is 9.88 Å². The van der Waals surface area contributed by atoms with Crippen LogP contribution in [0.25, 0.3) is 0 Å². The number of benzene rings is 1. The Morgan fingerprint density at radius 2 is 1.93 bits per heavy atom. The molecule has 0 atom stereocenters. The van der Waals surface area contributed by atoms with Gasteiger partial charge in [0.1, 0.15) is 4.88 Å². The molecule has 1 aromatic carbocycles. The van der Waals surface area contributed by atoms with Crippen LogP contribution in [-0.2, 0) is 10.2 Å². The lowest BCUT2D eigenvalue weighted by atomic mass is 9.98. The van der Waals surface area contributed by atoms with Gasteiger partial charge in [-0.1, -0.05) is 26.8 Å². The van der Waals surface area contributed by atoms with E-state index in [0.29, 0.717) is 42.4 Å². The Kier molecular flexibility index (Phi) is 5.62. The quantitative estimate of drug-likeness (QED) is 0.875. The molecular formula is C20H25N3O3S. The van der Waals surface area contributed by atoms with Crippen LogP contribution >= 0.6 is 11.3 Å². The van der Waals surface area contributed by atoms with Crippen molar-refractivity contribution in [3.05, 3.63) is 45.4 Å². The molecule has 2 aromatic rings. The number of hydrogen-bond donors (Lipinski definition) is 1. The highest BCUT2D eigenvalue weighted by atomic mass is 32.1. The van der Waals surface area contributed by atoms with Crippen LogP contribution in [0.4, 0.5) is 5.69 Å². The van der Waals surface area contributed by atoms with E-state index >= 15 is 0 Å². The second kappa shape index (κ2) is 7.78. The first-order valence-electron chi connectivity index (χ1n) is 9.01. The fourth-order valence-corrected chi connectivity index (χ4v) is 3.72. The van der Waals surface area contributed by atoms with E-state index in [4.69, 9.17) is 4.74 Å². The van der Waals surface area contributed by atoms with Gasteiger partial charge in [-0.15, -0.1) is 11.3 Å². The molecule has 1 aliphatic heterocycles. The summed E-state index contributed by atoms with van der Waals surface area (Å²) < 4.78 is 5.31. The average Bonchev–Trinajstić information content (AvgIpc) is 3.14. The first-order chi connectivity index (χ1) is 12.8. The number of nitrogens with zero attached hydrogens (tertiary/aromatic N) is 2. The Bertz CT molecular complexity index is 848. The van der Waals surface area contributed by atoms with Crippen LogP contribution in [0.3, 0.4) is 0 Å². The van der Waals surface area contributed by atoms with Crippen LogP contribution in [0, 0.1) is 6.92 Å². The number of ether oxygens (including phenoxy) is 1. The minimum absolute atomic E-state index is 0.0280. The molecule has 0 bridgehead atoms. The Balaban J connectivity index is 1.78. The lowest BCUT2D eigenvalue weighted by Gasteiger charge is -2.27. The maximum atomic E-state index is 12.8. The largest absolute Gasteiger partial charge is 0.378 e. The van der Waals surface area contributed by atoms with Crippen LogP contribution in [0.5, 0.6) is 0 Å². The molecule has 3 rings (SSSR count). The normalized spacial score (nSPS) is 14.9. The van der Waals surface area contributed by atoms with Gasteiger partial charge in [0.15, 0.2) is 0 Å². The Morgan fingerprint density at radius 3 is 2.56 bits per heavy atom. The van der Waals surface area contributed by atoms with Gasteiger partial charge in [-0.05, 0) is 24.6 Å². The molecule has 1 aromatic heterocycles. The molecule has 144 valence electrons. The number of anilines is 1. The summed E-state index contributed by atoms with van der Waals surface area (Å²) >= 11 is 1.39. The highest BCUT2D eigenvalue weighted by molar-refractivity contribution is 7.13. The summed E-state index contributed by atoms with van der Waals surface area (Å²) in [6.45, 7) is 10.4. The van der Waals surface area contributed by atoms with Crippen molar-refractivity contribution < 1.29 is 14.3 Å². The van der Waals surface area contributed by atoms with E-state index in [1.54, 1.807) is 23.2 Å². The zero-order valence-electron chi connectivity index (χ0n) is 16.2. The topological polar surface area (TPSA) is 71.5 Å². The van der Waals surface area contributed by atoms with Gasteiger partial charge < -0.3 is 15.0 Å². The molecule has 1 fully saturated rings. The standard InChI is InChI=1S/C20H25N3O3S/c1-13-14(18(25)23-8-10-26-11-9-23)6-5-7-15(13)22-17(24)16-12-21-19(27-16)20(2,3)4/h5-7,12H,8-11H2,1-4H3,(H,22,24). The number of hydrogen-bond acceptors (Lipinski definition) is 5. The lowest BCUT2D eigenvalue weighted by molar-refractivity contribution is 0.0302. The number of carbonyl (C=O) groups is 2. The van der Waals surface area contributed by atoms with E-state index in [1.165, 1.54) is 11.3 Å². The van der Waals surface area contributed by atoms with Gasteiger partial charge in [-0.2, -0.15) is 0 Å². The molecule has 0 spiro atoms. The molecule has 0 radical (unpaired) electrons. The summed E-state index contributed by atoms with van der Waals surface area (Å²) in [5, 5.41) is 3.84. The smallest absolute Gasteiger partial charge is 0.267 e. The van der Waals surface area contributed by atoms with Crippen molar-refractivity contribution in [3.8, 4) is 0 Å². The SMILES string of the molecule is Cc1c(NC(=O)c2cnc(C(C)(C)C)s2)cccc1C(=O)N1CCOCC1. The minimum Gasteiger partial charge on any atom is -0.378 e. The number of nitrogens with one attached hydrogen (secondary N) is 1. The van der Waals surface area contributed by atoms with Crippen LogP contribution in [0.15, 0.2) is 24.4 Å². The monoisotopic (exact) mass is 387 g/mol. The molecule has 7 heteroatoms.